The number of anilines is 2. The first-order valence-corrected chi connectivity index (χ1v) is 9.00. The second kappa shape index (κ2) is 7.34. The molecule has 0 aromatic heterocycles. The van der Waals surface area contributed by atoms with Crippen molar-refractivity contribution in [3.8, 4) is 0 Å². The first kappa shape index (κ1) is 17.0. The van der Waals surface area contributed by atoms with E-state index in [2.05, 4.69) is 17.1 Å². The van der Waals surface area contributed by atoms with Gasteiger partial charge in [-0.1, -0.05) is 6.92 Å². The van der Waals surface area contributed by atoms with Gasteiger partial charge in [-0.15, -0.1) is 0 Å². The Bertz CT molecular complexity index is 599. The highest BCUT2D eigenvalue weighted by molar-refractivity contribution is 5.97. The number of likely N-dealkylation sites (tertiary alicyclic amines) is 1. The van der Waals surface area contributed by atoms with Gasteiger partial charge in [-0.2, -0.15) is 0 Å². The predicted molar refractivity (Wildman–Crippen MR) is 96.1 cm³/mol. The van der Waals surface area contributed by atoms with Crippen LogP contribution in [0.25, 0.3) is 0 Å². The van der Waals surface area contributed by atoms with E-state index in [1.807, 2.05) is 36.1 Å². The molecule has 2 amide bonds. The summed E-state index contributed by atoms with van der Waals surface area (Å²) in [7, 11) is 0. The lowest BCUT2D eigenvalue weighted by Crippen LogP contribution is -2.46. The summed E-state index contributed by atoms with van der Waals surface area (Å²) < 4.78 is 0. The van der Waals surface area contributed by atoms with Gasteiger partial charge < -0.3 is 10.2 Å². The van der Waals surface area contributed by atoms with Crippen molar-refractivity contribution in [2.45, 2.75) is 45.6 Å². The Kier molecular flexibility index (Phi) is 5.19. The summed E-state index contributed by atoms with van der Waals surface area (Å²) >= 11 is 0. The van der Waals surface area contributed by atoms with Gasteiger partial charge >= 0.3 is 0 Å². The highest BCUT2D eigenvalue weighted by Gasteiger charge is 2.26. The quantitative estimate of drug-likeness (QED) is 0.924. The summed E-state index contributed by atoms with van der Waals surface area (Å²) in [6.07, 6.45) is 3.96. The van der Waals surface area contributed by atoms with Crippen LogP contribution in [0.3, 0.4) is 0 Å². The molecule has 2 saturated heterocycles. The minimum Gasteiger partial charge on any atom is -0.325 e. The van der Waals surface area contributed by atoms with Gasteiger partial charge in [0.2, 0.25) is 11.8 Å². The van der Waals surface area contributed by atoms with Crippen LogP contribution in [0.4, 0.5) is 11.4 Å². The number of benzene rings is 1. The summed E-state index contributed by atoms with van der Waals surface area (Å²) in [6.45, 7) is 6.99. The fraction of sp³-hybridized carbons (Fsp3) is 0.579. The fourth-order valence-electron chi connectivity index (χ4n) is 3.64. The molecule has 2 fully saturated rings. The lowest BCUT2D eigenvalue weighted by molar-refractivity contribution is -0.121. The van der Waals surface area contributed by atoms with E-state index in [9.17, 15) is 9.59 Å². The normalized spacial score (nSPS) is 23.3. The van der Waals surface area contributed by atoms with Crippen molar-refractivity contribution in [2.24, 2.45) is 5.92 Å². The molecule has 2 heterocycles. The Balaban J connectivity index is 1.59. The van der Waals surface area contributed by atoms with Crippen LogP contribution in [0.15, 0.2) is 24.3 Å². The van der Waals surface area contributed by atoms with Crippen LogP contribution >= 0.6 is 0 Å². The summed E-state index contributed by atoms with van der Waals surface area (Å²) in [5, 5.41) is 3.00. The van der Waals surface area contributed by atoms with Gasteiger partial charge in [0.15, 0.2) is 0 Å². The molecule has 24 heavy (non-hydrogen) atoms. The molecule has 1 aromatic rings. The smallest absolute Gasteiger partial charge is 0.241 e. The zero-order valence-corrected chi connectivity index (χ0v) is 14.6. The minimum absolute atomic E-state index is 0.0362. The topological polar surface area (TPSA) is 52.7 Å². The van der Waals surface area contributed by atoms with Crippen molar-refractivity contribution in [2.75, 3.05) is 29.9 Å². The second-order valence-corrected chi connectivity index (χ2v) is 7.10. The SMILES string of the molecule is CC1CCCN(C(C)C(=O)Nc2ccc(N3CCCC3=O)cc2)C1. The van der Waals surface area contributed by atoms with E-state index in [0.717, 1.165) is 43.9 Å². The molecule has 1 aromatic carbocycles. The van der Waals surface area contributed by atoms with E-state index in [4.69, 9.17) is 0 Å². The maximum absolute atomic E-state index is 12.5. The first-order chi connectivity index (χ1) is 11.5. The molecule has 2 aliphatic heterocycles. The molecular weight excluding hydrogens is 302 g/mol. The van der Waals surface area contributed by atoms with Gasteiger partial charge in [0.05, 0.1) is 6.04 Å². The zero-order valence-electron chi connectivity index (χ0n) is 14.6. The standard InChI is InChI=1S/C19H27N3O2/c1-14-5-3-11-21(13-14)15(2)19(24)20-16-7-9-17(10-8-16)22-12-4-6-18(22)23/h7-10,14-15H,3-6,11-13H2,1-2H3,(H,20,24). The van der Waals surface area contributed by atoms with E-state index in [1.165, 1.54) is 6.42 Å². The van der Waals surface area contributed by atoms with E-state index >= 15 is 0 Å². The molecule has 3 rings (SSSR count). The summed E-state index contributed by atoms with van der Waals surface area (Å²) in [5.74, 6) is 0.875. The Morgan fingerprint density at radius 3 is 2.58 bits per heavy atom. The van der Waals surface area contributed by atoms with Gasteiger partial charge in [0.25, 0.3) is 0 Å². The van der Waals surface area contributed by atoms with E-state index < -0.39 is 0 Å². The molecule has 5 nitrogen and oxygen atoms in total. The molecule has 0 saturated carbocycles. The number of nitrogens with zero attached hydrogens (tertiary/aromatic N) is 2. The van der Waals surface area contributed by atoms with E-state index in [-0.39, 0.29) is 17.9 Å². The molecule has 0 spiro atoms. The fourth-order valence-corrected chi connectivity index (χ4v) is 3.64. The van der Waals surface area contributed by atoms with Gasteiger partial charge in [-0.05, 0) is 62.9 Å². The number of nitrogens with one attached hydrogen (secondary N) is 1. The highest BCUT2D eigenvalue weighted by Crippen LogP contribution is 2.23. The maximum Gasteiger partial charge on any atom is 0.241 e. The largest absolute Gasteiger partial charge is 0.325 e. The molecule has 0 radical (unpaired) electrons. The third-order valence-corrected chi connectivity index (χ3v) is 5.14. The van der Waals surface area contributed by atoms with Crippen molar-refractivity contribution in [3.05, 3.63) is 24.3 Å². The molecule has 2 unspecified atom stereocenters. The average molecular weight is 329 g/mol. The maximum atomic E-state index is 12.5. The molecule has 1 N–H and O–H groups in total. The molecule has 0 bridgehead atoms. The molecule has 2 atom stereocenters. The molecule has 2 aliphatic rings. The number of hydrogen-bond donors (Lipinski definition) is 1. The Morgan fingerprint density at radius 2 is 1.96 bits per heavy atom. The van der Waals surface area contributed by atoms with Crippen LogP contribution in [0, 0.1) is 5.92 Å². The number of carbonyl (C=O) groups excluding carboxylic acids is 2. The van der Waals surface area contributed by atoms with Gasteiger partial charge in [0.1, 0.15) is 0 Å². The van der Waals surface area contributed by atoms with Crippen molar-refractivity contribution in [1.29, 1.82) is 0 Å². The second-order valence-electron chi connectivity index (χ2n) is 7.10. The zero-order chi connectivity index (χ0) is 17.1. The van der Waals surface area contributed by atoms with Crippen molar-refractivity contribution in [3.63, 3.8) is 0 Å². The van der Waals surface area contributed by atoms with Crippen LogP contribution < -0.4 is 10.2 Å². The van der Waals surface area contributed by atoms with Crippen LogP contribution in [0.5, 0.6) is 0 Å². The van der Waals surface area contributed by atoms with Gasteiger partial charge in [0, 0.05) is 30.9 Å². The Morgan fingerprint density at radius 1 is 1.21 bits per heavy atom. The Hall–Kier alpha value is -1.88. The molecule has 0 aliphatic carbocycles. The molecular formula is C19H27N3O2. The lowest BCUT2D eigenvalue weighted by atomic mass is 9.99. The number of rotatable bonds is 4. The Labute approximate surface area is 144 Å². The van der Waals surface area contributed by atoms with E-state index in [1.54, 1.807) is 0 Å². The van der Waals surface area contributed by atoms with Crippen LogP contribution in [0.1, 0.15) is 39.5 Å². The lowest BCUT2D eigenvalue weighted by Gasteiger charge is -2.34. The number of hydrogen-bond acceptors (Lipinski definition) is 3. The molecule has 5 heteroatoms. The van der Waals surface area contributed by atoms with Crippen LogP contribution in [-0.2, 0) is 9.59 Å². The minimum atomic E-state index is -0.118. The van der Waals surface area contributed by atoms with Crippen molar-refractivity contribution in [1.82, 2.24) is 4.90 Å². The summed E-state index contributed by atoms with van der Waals surface area (Å²) in [5.41, 5.74) is 1.70. The number of carbonyl (C=O) groups is 2. The summed E-state index contributed by atoms with van der Waals surface area (Å²) in [6, 6.07) is 7.46. The third kappa shape index (κ3) is 3.78. The van der Waals surface area contributed by atoms with Crippen LogP contribution in [0.2, 0.25) is 0 Å². The van der Waals surface area contributed by atoms with Gasteiger partial charge in [-0.3, -0.25) is 14.5 Å². The van der Waals surface area contributed by atoms with Crippen molar-refractivity contribution < 1.29 is 9.59 Å². The number of amides is 2. The average Bonchev–Trinajstić information content (AvgIpc) is 3.01. The predicted octanol–water partition coefficient (Wildman–Crippen LogP) is 2.87. The monoisotopic (exact) mass is 329 g/mol. The summed E-state index contributed by atoms with van der Waals surface area (Å²) in [4.78, 5) is 28.3. The first-order valence-electron chi connectivity index (χ1n) is 9.00. The van der Waals surface area contributed by atoms with Crippen molar-refractivity contribution >= 4 is 23.2 Å². The van der Waals surface area contributed by atoms with Gasteiger partial charge in [-0.25, -0.2) is 0 Å². The molecule has 130 valence electrons. The highest BCUT2D eigenvalue weighted by atomic mass is 16.2. The number of piperidine rings is 1. The van der Waals surface area contributed by atoms with E-state index in [0.29, 0.717) is 12.3 Å². The third-order valence-electron chi connectivity index (χ3n) is 5.14. The van der Waals surface area contributed by atoms with Crippen LogP contribution in [-0.4, -0.2) is 42.4 Å².